The van der Waals surface area contributed by atoms with Gasteiger partial charge in [-0.25, -0.2) is 17.6 Å². The van der Waals surface area contributed by atoms with Crippen molar-refractivity contribution < 1.29 is 45.3 Å². The van der Waals surface area contributed by atoms with Crippen molar-refractivity contribution in [3.8, 4) is 11.5 Å². The van der Waals surface area contributed by atoms with E-state index in [0.29, 0.717) is 0 Å². The van der Waals surface area contributed by atoms with E-state index in [9.17, 15) is 35.1 Å². The lowest BCUT2D eigenvalue weighted by Gasteiger charge is -2.10. The van der Waals surface area contributed by atoms with Crippen molar-refractivity contribution in [3.05, 3.63) is 57.7 Å². The van der Waals surface area contributed by atoms with Gasteiger partial charge in [0.15, 0.2) is 34.8 Å². The van der Waals surface area contributed by atoms with E-state index >= 15 is 0 Å². The molecule has 0 bridgehead atoms. The molecular weight excluding hydrogens is 364 g/mol. The summed E-state index contributed by atoms with van der Waals surface area (Å²) in [7, 11) is 0. The van der Waals surface area contributed by atoms with Crippen molar-refractivity contribution in [2.75, 3.05) is 0 Å². The third-order valence-electron chi connectivity index (χ3n) is 3.52. The van der Waals surface area contributed by atoms with Crippen molar-refractivity contribution in [2.24, 2.45) is 0 Å². The summed E-state index contributed by atoms with van der Waals surface area (Å²) >= 11 is 0. The van der Waals surface area contributed by atoms with E-state index in [2.05, 4.69) is 0 Å². The summed E-state index contributed by atoms with van der Waals surface area (Å²) in [4.78, 5) is 0. The van der Waals surface area contributed by atoms with Crippen LogP contribution < -0.4 is 0 Å². The van der Waals surface area contributed by atoms with Crippen LogP contribution in [0.4, 0.5) is 35.1 Å². The van der Waals surface area contributed by atoms with Crippen molar-refractivity contribution in [1.82, 2.24) is 0 Å². The smallest absolute Gasteiger partial charge is 0.203 e. The second-order valence-electron chi connectivity index (χ2n) is 5.02. The Bertz CT molecular complexity index is 723. The van der Waals surface area contributed by atoms with Crippen molar-refractivity contribution in [3.63, 3.8) is 0 Å². The number of halogens is 8. The first kappa shape index (κ1) is 18.8. The van der Waals surface area contributed by atoms with E-state index in [-0.39, 0.29) is 0 Å². The van der Waals surface area contributed by atoms with E-state index in [1.165, 1.54) is 0 Å². The minimum absolute atomic E-state index is 0.561. The molecule has 0 atom stereocenters. The molecule has 0 saturated carbocycles. The minimum atomic E-state index is -2.05. The molecule has 0 fully saturated rings. The number of hydrogen-bond donors (Lipinski definition) is 2. The highest BCUT2D eigenvalue weighted by molar-refractivity contribution is 5.35. The molecule has 10 heteroatoms. The summed E-state index contributed by atoms with van der Waals surface area (Å²) in [6, 6.07) is 0. The molecule has 2 N–H and O–H groups in total. The maximum atomic E-state index is 13.5. The van der Waals surface area contributed by atoms with Crippen LogP contribution in [-0.2, 0) is 12.8 Å². The lowest BCUT2D eigenvalue weighted by Crippen LogP contribution is -2.07. The fraction of sp³-hybridized carbons (Fsp3) is 0.200. The van der Waals surface area contributed by atoms with Crippen LogP contribution in [-0.4, -0.2) is 10.2 Å². The Kier molecular flexibility index (Phi) is 5.09. The first-order valence-corrected chi connectivity index (χ1v) is 6.67. The van der Waals surface area contributed by atoms with Gasteiger partial charge in [0.05, 0.1) is 0 Å². The Morgan fingerprint density at radius 2 is 0.680 bits per heavy atom. The van der Waals surface area contributed by atoms with Crippen LogP contribution in [0.15, 0.2) is 0 Å². The Morgan fingerprint density at radius 3 is 0.920 bits per heavy atom. The zero-order valence-corrected chi connectivity index (χ0v) is 12.0. The van der Waals surface area contributed by atoms with Crippen LogP contribution in [0.1, 0.15) is 17.5 Å². The fourth-order valence-electron chi connectivity index (χ4n) is 2.21. The SMILES string of the molecule is Oc1c(F)c(F)c(CCCc2c(F)c(F)c(O)c(F)c2F)c(F)c1F. The Balaban J connectivity index is 2.29. The molecule has 0 aliphatic carbocycles. The number of phenolic OH excluding ortho intramolecular Hbond substituents is 2. The quantitative estimate of drug-likeness (QED) is 0.618. The molecule has 2 aromatic carbocycles. The lowest BCUT2D eigenvalue weighted by atomic mass is 10.0. The number of phenols is 2. The summed E-state index contributed by atoms with van der Waals surface area (Å²) in [5.74, 6) is -19.5. The molecule has 2 aromatic rings. The minimum Gasteiger partial charge on any atom is -0.503 e. The highest BCUT2D eigenvalue weighted by atomic mass is 19.2. The van der Waals surface area contributed by atoms with Crippen LogP contribution in [0.3, 0.4) is 0 Å². The van der Waals surface area contributed by atoms with Gasteiger partial charge in [0, 0.05) is 11.1 Å². The Morgan fingerprint density at radius 1 is 0.440 bits per heavy atom. The first-order chi connectivity index (χ1) is 11.6. The number of aromatic hydroxyl groups is 2. The maximum absolute atomic E-state index is 13.5. The van der Waals surface area contributed by atoms with E-state index in [1.54, 1.807) is 0 Å². The van der Waals surface area contributed by atoms with E-state index in [0.717, 1.165) is 0 Å². The molecule has 0 radical (unpaired) electrons. The summed E-state index contributed by atoms with van der Waals surface area (Å²) in [6.07, 6.45) is -2.15. The van der Waals surface area contributed by atoms with E-state index < -0.39 is 88.4 Å². The second-order valence-corrected chi connectivity index (χ2v) is 5.02. The summed E-state index contributed by atoms with van der Waals surface area (Å²) < 4.78 is 107. The van der Waals surface area contributed by atoms with Gasteiger partial charge in [-0.05, 0) is 19.3 Å². The van der Waals surface area contributed by atoms with E-state index in [1.807, 2.05) is 0 Å². The second kappa shape index (κ2) is 6.77. The van der Waals surface area contributed by atoms with Crippen LogP contribution in [0.2, 0.25) is 0 Å². The van der Waals surface area contributed by atoms with Gasteiger partial charge in [-0.2, -0.15) is 17.6 Å². The number of benzene rings is 2. The van der Waals surface area contributed by atoms with Crippen molar-refractivity contribution >= 4 is 0 Å². The van der Waals surface area contributed by atoms with Crippen LogP contribution in [0, 0.1) is 46.5 Å². The Hall–Kier alpha value is -2.52. The van der Waals surface area contributed by atoms with Gasteiger partial charge in [0.25, 0.3) is 0 Å². The van der Waals surface area contributed by atoms with Gasteiger partial charge in [0.1, 0.15) is 0 Å². The highest BCUT2D eigenvalue weighted by Gasteiger charge is 2.27. The molecular formula is C15H8F8O2. The molecule has 0 amide bonds. The largest absolute Gasteiger partial charge is 0.503 e. The third kappa shape index (κ3) is 3.08. The zero-order chi connectivity index (χ0) is 19.0. The molecule has 25 heavy (non-hydrogen) atoms. The molecule has 2 nitrogen and oxygen atoms in total. The molecule has 2 rings (SSSR count). The summed E-state index contributed by atoms with van der Waals surface area (Å²) in [5, 5.41) is 17.6. The summed E-state index contributed by atoms with van der Waals surface area (Å²) in [5.41, 5.74) is -2.29. The topological polar surface area (TPSA) is 40.5 Å². The monoisotopic (exact) mass is 372 g/mol. The fourth-order valence-corrected chi connectivity index (χ4v) is 2.21. The average Bonchev–Trinajstić information content (AvgIpc) is 2.60. The van der Waals surface area contributed by atoms with E-state index in [4.69, 9.17) is 10.2 Å². The van der Waals surface area contributed by atoms with Gasteiger partial charge >= 0.3 is 0 Å². The van der Waals surface area contributed by atoms with Gasteiger partial charge in [0.2, 0.25) is 23.3 Å². The molecule has 0 aromatic heterocycles. The maximum Gasteiger partial charge on any atom is 0.203 e. The average molecular weight is 372 g/mol. The zero-order valence-electron chi connectivity index (χ0n) is 12.0. The van der Waals surface area contributed by atoms with Crippen LogP contribution in [0.5, 0.6) is 11.5 Å². The lowest BCUT2D eigenvalue weighted by molar-refractivity contribution is 0.348. The molecule has 0 saturated heterocycles. The van der Waals surface area contributed by atoms with Crippen LogP contribution in [0.25, 0.3) is 0 Å². The van der Waals surface area contributed by atoms with Crippen molar-refractivity contribution in [2.45, 2.75) is 19.3 Å². The molecule has 0 heterocycles. The first-order valence-electron chi connectivity index (χ1n) is 6.67. The number of hydrogen-bond acceptors (Lipinski definition) is 2. The molecule has 0 aliphatic rings. The molecule has 136 valence electrons. The van der Waals surface area contributed by atoms with Gasteiger partial charge < -0.3 is 10.2 Å². The predicted molar refractivity (Wildman–Crippen MR) is 67.9 cm³/mol. The normalized spacial score (nSPS) is 11.2. The van der Waals surface area contributed by atoms with Gasteiger partial charge in [-0.15, -0.1) is 0 Å². The van der Waals surface area contributed by atoms with Crippen molar-refractivity contribution in [1.29, 1.82) is 0 Å². The van der Waals surface area contributed by atoms with Crippen LogP contribution >= 0.6 is 0 Å². The number of rotatable bonds is 4. The van der Waals surface area contributed by atoms with Gasteiger partial charge in [-0.1, -0.05) is 0 Å². The third-order valence-corrected chi connectivity index (χ3v) is 3.52. The molecule has 0 aliphatic heterocycles. The standard InChI is InChI=1S/C15H8F8O2/c16-6-4(7(17)11(21)14(24)10(6)20)2-1-3-5-8(18)12(22)15(25)13(23)9(5)19/h24-25H,1-3H2. The molecule has 0 unspecified atom stereocenters. The van der Waals surface area contributed by atoms with Gasteiger partial charge in [-0.3, -0.25) is 0 Å². The molecule has 0 spiro atoms. The summed E-state index contributed by atoms with van der Waals surface area (Å²) in [6.45, 7) is 0. The highest BCUT2D eigenvalue weighted by Crippen LogP contribution is 2.32. The predicted octanol–water partition coefficient (Wildman–Crippen LogP) is 4.39. The Labute approximate surface area is 134 Å².